The zero-order valence-corrected chi connectivity index (χ0v) is 16.2. The molecular weight excluding hydrogens is 368 g/mol. The van der Waals surface area contributed by atoms with Crippen molar-refractivity contribution in [1.29, 1.82) is 0 Å². The minimum Gasteiger partial charge on any atom is -0.378 e. The molecule has 1 fully saturated rings. The minimum absolute atomic E-state index is 0.00315. The number of hydrogen-bond acceptors (Lipinski definition) is 5. The highest BCUT2D eigenvalue weighted by Crippen LogP contribution is 2.33. The van der Waals surface area contributed by atoms with Crippen molar-refractivity contribution in [1.82, 2.24) is 10.2 Å². The molecule has 5 nitrogen and oxygen atoms in total. The van der Waals surface area contributed by atoms with Crippen molar-refractivity contribution < 1.29 is 14.3 Å². The molecule has 2 aliphatic rings. The van der Waals surface area contributed by atoms with Crippen molar-refractivity contribution in [2.24, 2.45) is 5.92 Å². The molecule has 0 spiro atoms. The third kappa shape index (κ3) is 3.84. The first-order valence-electron chi connectivity index (χ1n) is 8.99. The zero-order chi connectivity index (χ0) is 17.9. The van der Waals surface area contributed by atoms with E-state index in [0.717, 1.165) is 24.1 Å². The van der Waals surface area contributed by atoms with Gasteiger partial charge in [-0.2, -0.15) is 0 Å². The van der Waals surface area contributed by atoms with Gasteiger partial charge in [0.25, 0.3) is 5.91 Å². The molecule has 1 aliphatic heterocycles. The maximum Gasteiger partial charge on any atom is 0.264 e. The molecule has 0 radical (unpaired) electrons. The quantitative estimate of drug-likeness (QED) is 0.873. The number of rotatable bonds is 4. The zero-order valence-electron chi connectivity index (χ0n) is 14.5. The van der Waals surface area contributed by atoms with Crippen molar-refractivity contribution in [3.63, 3.8) is 0 Å². The Morgan fingerprint density at radius 2 is 2.15 bits per heavy atom. The Balaban J connectivity index is 1.38. The third-order valence-electron chi connectivity index (χ3n) is 4.98. The number of ether oxygens (including phenoxy) is 1. The molecule has 7 heteroatoms. The second-order valence-electron chi connectivity index (χ2n) is 6.70. The number of carbonyl (C=O) groups is 2. The van der Waals surface area contributed by atoms with E-state index in [0.29, 0.717) is 32.8 Å². The van der Waals surface area contributed by atoms with Gasteiger partial charge in [-0.15, -0.1) is 22.7 Å². The summed E-state index contributed by atoms with van der Waals surface area (Å²) >= 11 is 3.26. The predicted molar refractivity (Wildman–Crippen MR) is 103 cm³/mol. The minimum atomic E-state index is 0.00315. The van der Waals surface area contributed by atoms with E-state index in [2.05, 4.69) is 5.32 Å². The number of hydrogen-bond donors (Lipinski definition) is 1. The smallest absolute Gasteiger partial charge is 0.264 e. The molecule has 4 rings (SSSR count). The van der Waals surface area contributed by atoms with Crippen LogP contribution in [0.1, 0.15) is 31.4 Å². The molecule has 0 saturated carbocycles. The van der Waals surface area contributed by atoms with Gasteiger partial charge in [0.15, 0.2) is 0 Å². The van der Waals surface area contributed by atoms with Crippen LogP contribution in [0.25, 0.3) is 0 Å². The lowest BCUT2D eigenvalue weighted by molar-refractivity contribution is -0.125. The predicted octanol–water partition coefficient (Wildman–Crippen LogP) is 2.70. The van der Waals surface area contributed by atoms with Crippen LogP contribution < -0.4 is 5.32 Å². The van der Waals surface area contributed by atoms with E-state index < -0.39 is 0 Å². The highest BCUT2D eigenvalue weighted by Gasteiger charge is 2.28. The number of aryl methyl sites for hydroxylation is 1. The van der Waals surface area contributed by atoms with Crippen LogP contribution in [0.4, 0.5) is 0 Å². The fraction of sp³-hybridized carbons (Fsp3) is 0.474. The Bertz CT molecular complexity index is 779. The molecule has 2 aromatic heterocycles. The number of carbonyl (C=O) groups excluding carboxylic acids is 2. The first kappa shape index (κ1) is 17.7. The normalized spacial score (nSPS) is 19.8. The maximum absolute atomic E-state index is 12.7. The molecule has 1 N–H and O–H groups in total. The van der Waals surface area contributed by atoms with Crippen LogP contribution >= 0.6 is 22.7 Å². The second kappa shape index (κ2) is 7.90. The van der Waals surface area contributed by atoms with Gasteiger partial charge in [0.1, 0.15) is 0 Å². The number of nitrogens with one attached hydrogen (secondary N) is 1. The summed E-state index contributed by atoms with van der Waals surface area (Å²) in [6, 6.07) is 6.04. The van der Waals surface area contributed by atoms with Gasteiger partial charge in [-0.1, -0.05) is 6.07 Å². The van der Waals surface area contributed by atoms with Crippen LogP contribution in [0.2, 0.25) is 0 Å². The Morgan fingerprint density at radius 1 is 1.31 bits per heavy atom. The van der Waals surface area contributed by atoms with Gasteiger partial charge in [0.2, 0.25) is 5.91 Å². The van der Waals surface area contributed by atoms with Gasteiger partial charge >= 0.3 is 0 Å². The van der Waals surface area contributed by atoms with E-state index in [9.17, 15) is 9.59 Å². The molecule has 1 unspecified atom stereocenters. The fourth-order valence-corrected chi connectivity index (χ4v) is 5.33. The Kier molecular flexibility index (Phi) is 5.38. The fourth-order valence-electron chi connectivity index (χ4n) is 3.51. The highest BCUT2D eigenvalue weighted by atomic mass is 32.1. The summed E-state index contributed by atoms with van der Waals surface area (Å²) in [5.41, 5.74) is 1.18. The molecule has 138 valence electrons. The molecule has 2 amide bonds. The average molecular weight is 391 g/mol. The van der Waals surface area contributed by atoms with Crippen LogP contribution in [0, 0.1) is 5.92 Å². The lowest BCUT2D eigenvalue weighted by Crippen LogP contribution is -2.40. The van der Waals surface area contributed by atoms with Gasteiger partial charge in [-0.3, -0.25) is 9.59 Å². The maximum atomic E-state index is 12.7. The SMILES string of the molecule is O=C(NCc1cccs1)C1CCc2sc(C(=O)N3CCOCC3)cc2C1. The second-order valence-corrected chi connectivity index (χ2v) is 8.87. The van der Waals surface area contributed by atoms with Crippen molar-refractivity contribution in [2.45, 2.75) is 25.8 Å². The van der Waals surface area contributed by atoms with E-state index in [1.54, 1.807) is 22.7 Å². The lowest BCUT2D eigenvalue weighted by Gasteiger charge is -2.26. The molecule has 0 bridgehead atoms. The first-order valence-corrected chi connectivity index (χ1v) is 10.7. The van der Waals surface area contributed by atoms with Crippen molar-refractivity contribution >= 4 is 34.5 Å². The summed E-state index contributed by atoms with van der Waals surface area (Å²) in [6.07, 6.45) is 2.47. The number of morpholine rings is 1. The van der Waals surface area contributed by atoms with Crippen LogP contribution in [-0.4, -0.2) is 43.0 Å². The molecule has 1 atom stereocenters. The largest absolute Gasteiger partial charge is 0.378 e. The average Bonchev–Trinajstić information content (AvgIpc) is 3.35. The summed E-state index contributed by atoms with van der Waals surface area (Å²) < 4.78 is 5.32. The number of amides is 2. The van der Waals surface area contributed by atoms with Crippen LogP contribution in [-0.2, 0) is 28.9 Å². The Labute approximate surface area is 161 Å². The van der Waals surface area contributed by atoms with E-state index in [4.69, 9.17) is 4.74 Å². The van der Waals surface area contributed by atoms with Gasteiger partial charge in [-0.05, 0) is 42.3 Å². The van der Waals surface area contributed by atoms with Gasteiger partial charge < -0.3 is 15.0 Å². The van der Waals surface area contributed by atoms with E-state index in [1.165, 1.54) is 15.3 Å². The number of fused-ring (bicyclic) bond motifs is 1. The number of nitrogens with zero attached hydrogens (tertiary/aromatic N) is 1. The monoisotopic (exact) mass is 390 g/mol. The summed E-state index contributed by atoms with van der Waals surface area (Å²) in [7, 11) is 0. The van der Waals surface area contributed by atoms with E-state index >= 15 is 0 Å². The molecule has 1 saturated heterocycles. The highest BCUT2D eigenvalue weighted by molar-refractivity contribution is 7.14. The summed E-state index contributed by atoms with van der Waals surface area (Å²) in [5.74, 6) is 0.228. The molecular formula is C19H22N2O3S2. The standard InChI is InChI=1S/C19H22N2O3S2/c22-18(20-12-15-2-1-9-25-15)13-3-4-16-14(10-13)11-17(26-16)19(23)21-5-7-24-8-6-21/h1-2,9,11,13H,3-8,10,12H2,(H,20,22). The van der Waals surface area contributed by atoms with Crippen LogP contribution in [0.5, 0.6) is 0 Å². The van der Waals surface area contributed by atoms with Crippen LogP contribution in [0.3, 0.4) is 0 Å². The number of thiophene rings is 2. The van der Waals surface area contributed by atoms with Crippen molar-refractivity contribution in [3.8, 4) is 0 Å². The third-order valence-corrected chi connectivity index (χ3v) is 7.08. The van der Waals surface area contributed by atoms with Gasteiger partial charge in [0, 0.05) is 28.8 Å². The van der Waals surface area contributed by atoms with Crippen LogP contribution in [0.15, 0.2) is 23.6 Å². The molecule has 1 aliphatic carbocycles. The topological polar surface area (TPSA) is 58.6 Å². The molecule has 2 aromatic rings. The summed E-state index contributed by atoms with van der Waals surface area (Å²) in [5, 5.41) is 5.07. The van der Waals surface area contributed by atoms with Crippen molar-refractivity contribution in [3.05, 3.63) is 43.8 Å². The summed E-state index contributed by atoms with van der Waals surface area (Å²) in [4.78, 5) is 30.3. The lowest BCUT2D eigenvalue weighted by atomic mass is 9.87. The molecule has 3 heterocycles. The molecule has 0 aromatic carbocycles. The van der Waals surface area contributed by atoms with Gasteiger partial charge in [-0.25, -0.2) is 0 Å². The molecule has 26 heavy (non-hydrogen) atoms. The summed E-state index contributed by atoms with van der Waals surface area (Å²) in [6.45, 7) is 3.15. The van der Waals surface area contributed by atoms with E-state index in [-0.39, 0.29) is 17.7 Å². The Hall–Kier alpha value is -1.70. The Morgan fingerprint density at radius 3 is 2.92 bits per heavy atom. The first-order chi connectivity index (χ1) is 12.7. The van der Waals surface area contributed by atoms with Gasteiger partial charge in [0.05, 0.1) is 24.6 Å². The van der Waals surface area contributed by atoms with E-state index in [1.807, 2.05) is 28.5 Å². The van der Waals surface area contributed by atoms with Crippen molar-refractivity contribution in [2.75, 3.05) is 26.3 Å².